The van der Waals surface area contributed by atoms with Crippen LogP contribution in [0.1, 0.15) is 16.7 Å². The van der Waals surface area contributed by atoms with E-state index in [4.69, 9.17) is 9.47 Å². The number of aliphatic carboxylic acids is 1. The average molecular weight is 434 g/mol. The molecule has 0 unspecified atom stereocenters. The number of nitrogens with one attached hydrogen (secondary N) is 2. The predicted octanol–water partition coefficient (Wildman–Crippen LogP) is 2.49. The molecule has 27 heavy (non-hydrogen) atoms. The van der Waals surface area contributed by atoms with Gasteiger partial charge in [-0.3, -0.25) is 4.79 Å². The van der Waals surface area contributed by atoms with E-state index in [0.29, 0.717) is 33.9 Å². The maximum atomic E-state index is 11.6. The first kappa shape index (κ1) is 18.7. The number of benzene rings is 2. The van der Waals surface area contributed by atoms with Crippen molar-refractivity contribution in [2.24, 2.45) is 5.10 Å². The molecule has 0 aliphatic carbocycles. The highest BCUT2D eigenvalue weighted by atomic mass is 79.9. The second-order valence-corrected chi connectivity index (χ2v) is 6.51. The third-order valence-corrected chi connectivity index (χ3v) is 4.34. The normalized spacial score (nSPS) is 12.6. The van der Waals surface area contributed by atoms with Gasteiger partial charge in [0, 0.05) is 22.6 Å². The number of rotatable bonds is 5. The summed E-state index contributed by atoms with van der Waals surface area (Å²) in [5.74, 6) is -0.0298. The number of hydrazone groups is 1. The van der Waals surface area contributed by atoms with Crippen molar-refractivity contribution in [2.75, 3.05) is 13.8 Å². The van der Waals surface area contributed by atoms with E-state index in [2.05, 4.69) is 31.8 Å². The number of ether oxygens (including phenoxy) is 2. The fraction of sp³-hybridized carbons (Fsp3) is 0.167. The van der Waals surface area contributed by atoms with Gasteiger partial charge < -0.3 is 19.9 Å². The Morgan fingerprint density at radius 2 is 1.85 bits per heavy atom. The van der Waals surface area contributed by atoms with Gasteiger partial charge in [0.05, 0.1) is 12.1 Å². The fourth-order valence-corrected chi connectivity index (χ4v) is 2.83. The fourth-order valence-electron chi connectivity index (χ4n) is 2.56. The van der Waals surface area contributed by atoms with Gasteiger partial charge >= 0.3 is 12.0 Å². The lowest BCUT2D eigenvalue weighted by molar-refractivity contribution is -0.136. The minimum Gasteiger partial charge on any atom is -0.481 e. The summed E-state index contributed by atoms with van der Waals surface area (Å²) in [5.41, 5.74) is 4.52. The third kappa shape index (κ3) is 4.37. The number of halogens is 1. The van der Waals surface area contributed by atoms with E-state index in [0.717, 1.165) is 4.47 Å². The van der Waals surface area contributed by atoms with Gasteiger partial charge in [-0.2, -0.15) is 5.10 Å². The van der Waals surface area contributed by atoms with Crippen LogP contribution < -0.4 is 20.2 Å². The number of hydrogen-bond acceptors (Lipinski definition) is 5. The molecule has 1 aliphatic rings. The first-order valence-corrected chi connectivity index (χ1v) is 8.73. The standard InChI is InChI=1S/C18H16BrN3O5/c1-20-18(25)22-21-17(10-2-4-12(19)5-3-10)13-8-15-14(26-9-27-15)6-11(13)7-16(23)24/h2-6,8H,7,9H2,1H3,(H,23,24)(H2,20,22,25)/b21-17-. The van der Waals surface area contributed by atoms with Crippen molar-refractivity contribution in [3.63, 3.8) is 0 Å². The van der Waals surface area contributed by atoms with Crippen LogP contribution >= 0.6 is 15.9 Å². The molecule has 0 saturated carbocycles. The second kappa shape index (κ2) is 8.09. The van der Waals surface area contributed by atoms with E-state index in [-0.39, 0.29) is 13.2 Å². The van der Waals surface area contributed by atoms with Crippen LogP contribution in [0.3, 0.4) is 0 Å². The number of carboxylic acid groups (broad SMARTS) is 1. The molecule has 0 bridgehead atoms. The molecule has 2 amide bonds. The molecule has 2 aromatic rings. The maximum absolute atomic E-state index is 11.6. The molecule has 1 aliphatic heterocycles. The molecule has 3 rings (SSSR count). The topological polar surface area (TPSA) is 109 Å². The van der Waals surface area contributed by atoms with E-state index < -0.39 is 12.0 Å². The van der Waals surface area contributed by atoms with Crippen LogP contribution in [0, 0.1) is 0 Å². The lowest BCUT2D eigenvalue weighted by atomic mass is 9.95. The summed E-state index contributed by atoms with van der Waals surface area (Å²) in [7, 11) is 1.47. The molecule has 140 valence electrons. The first-order valence-electron chi connectivity index (χ1n) is 7.94. The largest absolute Gasteiger partial charge is 0.481 e. The van der Waals surface area contributed by atoms with Crippen LogP contribution in [0.2, 0.25) is 0 Å². The monoisotopic (exact) mass is 433 g/mol. The van der Waals surface area contributed by atoms with Gasteiger partial charge in [0.2, 0.25) is 6.79 Å². The number of nitrogens with zero attached hydrogens (tertiary/aromatic N) is 1. The molecule has 0 atom stereocenters. The van der Waals surface area contributed by atoms with Gasteiger partial charge in [-0.15, -0.1) is 0 Å². The summed E-state index contributed by atoms with van der Waals surface area (Å²) < 4.78 is 11.6. The quantitative estimate of drug-likeness (QED) is 0.495. The van der Waals surface area contributed by atoms with Gasteiger partial charge in [-0.05, 0) is 29.8 Å². The van der Waals surface area contributed by atoms with Crippen LogP contribution in [-0.2, 0) is 11.2 Å². The minimum atomic E-state index is -0.996. The number of carboxylic acids is 1. The van der Waals surface area contributed by atoms with E-state index in [1.807, 2.05) is 24.3 Å². The highest BCUT2D eigenvalue weighted by molar-refractivity contribution is 9.10. The Morgan fingerprint density at radius 1 is 1.19 bits per heavy atom. The number of urea groups is 1. The van der Waals surface area contributed by atoms with Gasteiger partial charge in [-0.25, -0.2) is 10.2 Å². The molecule has 0 saturated heterocycles. The van der Waals surface area contributed by atoms with Crippen molar-refractivity contribution in [1.82, 2.24) is 10.7 Å². The summed E-state index contributed by atoms with van der Waals surface area (Å²) in [6.45, 7) is 0.0621. The molecule has 0 aromatic heterocycles. The summed E-state index contributed by atoms with van der Waals surface area (Å²) in [6, 6.07) is 10.1. The van der Waals surface area contributed by atoms with Crippen molar-refractivity contribution >= 4 is 33.6 Å². The van der Waals surface area contributed by atoms with Crippen LogP contribution in [0.15, 0.2) is 46.0 Å². The number of fused-ring (bicyclic) bond motifs is 1. The number of carbonyl (C=O) groups is 2. The lowest BCUT2D eigenvalue weighted by Crippen LogP contribution is -2.30. The Balaban J connectivity index is 2.14. The summed E-state index contributed by atoms with van der Waals surface area (Å²) in [6.07, 6.45) is -0.235. The van der Waals surface area contributed by atoms with Crippen LogP contribution in [-0.4, -0.2) is 36.7 Å². The zero-order valence-electron chi connectivity index (χ0n) is 14.3. The van der Waals surface area contributed by atoms with Crippen molar-refractivity contribution in [2.45, 2.75) is 6.42 Å². The van der Waals surface area contributed by atoms with Crippen molar-refractivity contribution in [1.29, 1.82) is 0 Å². The molecular weight excluding hydrogens is 418 g/mol. The smallest absolute Gasteiger partial charge is 0.334 e. The van der Waals surface area contributed by atoms with Crippen molar-refractivity contribution in [3.8, 4) is 11.5 Å². The lowest BCUT2D eigenvalue weighted by Gasteiger charge is -2.13. The Labute approximate surface area is 163 Å². The highest BCUT2D eigenvalue weighted by Gasteiger charge is 2.22. The van der Waals surface area contributed by atoms with Gasteiger partial charge in [0.25, 0.3) is 0 Å². The predicted molar refractivity (Wildman–Crippen MR) is 101 cm³/mol. The van der Waals surface area contributed by atoms with E-state index in [1.54, 1.807) is 12.1 Å². The van der Waals surface area contributed by atoms with Crippen LogP contribution in [0.5, 0.6) is 11.5 Å². The Kier molecular flexibility index (Phi) is 5.60. The molecule has 9 heteroatoms. The van der Waals surface area contributed by atoms with E-state index in [9.17, 15) is 14.7 Å². The maximum Gasteiger partial charge on any atom is 0.334 e. The molecule has 0 fully saturated rings. The van der Waals surface area contributed by atoms with Crippen LogP contribution in [0.4, 0.5) is 4.79 Å². The van der Waals surface area contributed by atoms with E-state index in [1.165, 1.54) is 7.05 Å². The first-order chi connectivity index (χ1) is 13.0. The van der Waals surface area contributed by atoms with Gasteiger partial charge in [0.1, 0.15) is 0 Å². The van der Waals surface area contributed by atoms with Gasteiger partial charge in [-0.1, -0.05) is 28.1 Å². The average Bonchev–Trinajstić information content (AvgIpc) is 3.09. The van der Waals surface area contributed by atoms with E-state index >= 15 is 0 Å². The molecule has 1 heterocycles. The number of hydrogen-bond donors (Lipinski definition) is 3. The third-order valence-electron chi connectivity index (χ3n) is 3.81. The SMILES string of the molecule is CNC(=O)N/N=C(/c1ccc(Br)cc1)c1cc2c(cc1CC(=O)O)OCO2. The Morgan fingerprint density at radius 3 is 2.48 bits per heavy atom. The highest BCUT2D eigenvalue weighted by Crippen LogP contribution is 2.36. The molecule has 0 radical (unpaired) electrons. The zero-order chi connectivity index (χ0) is 19.4. The number of carbonyl (C=O) groups excluding carboxylic acids is 1. The van der Waals surface area contributed by atoms with Crippen LogP contribution in [0.25, 0.3) is 0 Å². The molecule has 0 spiro atoms. The number of amides is 2. The summed E-state index contributed by atoms with van der Waals surface area (Å²) in [5, 5.41) is 15.9. The molecule has 8 nitrogen and oxygen atoms in total. The minimum absolute atomic E-state index is 0.0621. The van der Waals surface area contributed by atoms with Crippen molar-refractivity contribution < 1.29 is 24.2 Å². The Hall–Kier alpha value is -3.07. The Bertz CT molecular complexity index is 912. The summed E-state index contributed by atoms with van der Waals surface area (Å²) >= 11 is 3.38. The van der Waals surface area contributed by atoms with Gasteiger partial charge in [0.15, 0.2) is 11.5 Å². The van der Waals surface area contributed by atoms with Crippen molar-refractivity contribution in [3.05, 3.63) is 57.6 Å². The zero-order valence-corrected chi connectivity index (χ0v) is 15.9. The summed E-state index contributed by atoms with van der Waals surface area (Å²) in [4.78, 5) is 22.9. The molecule has 3 N–H and O–H groups in total. The molecular formula is C18H16BrN3O5. The molecule has 2 aromatic carbocycles. The second-order valence-electron chi connectivity index (χ2n) is 5.59.